The molecule has 0 unspecified atom stereocenters. The van der Waals surface area contributed by atoms with Crippen molar-refractivity contribution in [2.75, 3.05) is 11.9 Å². The van der Waals surface area contributed by atoms with E-state index in [1.165, 1.54) is 11.3 Å². The van der Waals surface area contributed by atoms with E-state index in [2.05, 4.69) is 16.0 Å². The zero-order chi connectivity index (χ0) is 20.5. The molecule has 0 aliphatic rings. The monoisotopic (exact) mass is 407 g/mol. The van der Waals surface area contributed by atoms with Crippen LogP contribution in [0.2, 0.25) is 0 Å². The summed E-state index contributed by atoms with van der Waals surface area (Å²) in [5.74, 6) is -1.88. The van der Waals surface area contributed by atoms with Gasteiger partial charge in [0.15, 0.2) is 0 Å². The van der Waals surface area contributed by atoms with E-state index in [4.69, 9.17) is 0 Å². The Morgan fingerprint density at radius 2 is 1.55 bits per heavy atom. The molecule has 0 saturated heterocycles. The van der Waals surface area contributed by atoms with Crippen molar-refractivity contribution in [2.45, 2.75) is 13.0 Å². The van der Waals surface area contributed by atoms with Gasteiger partial charge in [0, 0.05) is 11.4 Å². The van der Waals surface area contributed by atoms with Crippen LogP contribution in [0.1, 0.15) is 20.8 Å². The average Bonchev–Trinajstić information content (AvgIpc) is 3.26. The molecule has 148 valence electrons. The Morgan fingerprint density at radius 3 is 2.31 bits per heavy atom. The number of amides is 3. The van der Waals surface area contributed by atoms with E-state index in [1.54, 1.807) is 24.3 Å². The van der Waals surface area contributed by atoms with E-state index in [-0.39, 0.29) is 12.5 Å². The summed E-state index contributed by atoms with van der Waals surface area (Å²) < 4.78 is 0. The molecule has 0 bridgehead atoms. The zero-order valence-corrected chi connectivity index (χ0v) is 16.5. The molecule has 0 fully saturated rings. The van der Waals surface area contributed by atoms with E-state index in [0.717, 1.165) is 10.4 Å². The van der Waals surface area contributed by atoms with Crippen molar-refractivity contribution in [1.82, 2.24) is 10.6 Å². The number of carbonyl (C=O) groups is 3. The Kier molecular flexibility index (Phi) is 7.13. The summed E-state index contributed by atoms with van der Waals surface area (Å²) in [5.41, 5.74) is 1.72. The third-order valence-corrected chi connectivity index (χ3v) is 5.05. The first-order valence-corrected chi connectivity index (χ1v) is 10.0. The minimum atomic E-state index is -0.814. The van der Waals surface area contributed by atoms with E-state index in [1.807, 2.05) is 47.8 Å². The molecule has 3 N–H and O–H groups in total. The van der Waals surface area contributed by atoms with Gasteiger partial charge in [-0.2, -0.15) is 0 Å². The van der Waals surface area contributed by atoms with Crippen molar-refractivity contribution in [2.24, 2.45) is 0 Å². The topological polar surface area (TPSA) is 87.3 Å². The Hall–Kier alpha value is -3.45. The van der Waals surface area contributed by atoms with Crippen molar-refractivity contribution in [3.8, 4) is 0 Å². The van der Waals surface area contributed by atoms with Crippen LogP contribution in [0.5, 0.6) is 0 Å². The van der Waals surface area contributed by atoms with Crippen LogP contribution < -0.4 is 16.0 Å². The van der Waals surface area contributed by atoms with Crippen molar-refractivity contribution in [1.29, 1.82) is 0 Å². The number of nitrogens with one attached hydrogen (secondary N) is 3. The standard InChI is InChI=1S/C22H21N3O3S/c26-20(23-13-12-16-7-2-1-3-8-16)18-10-4-5-11-19(18)25-22(28)21(27)24-15-17-9-6-14-29-17/h1-11,14H,12-13,15H2,(H,23,26)(H,24,27)(H,25,28). The number of hydrogen-bond donors (Lipinski definition) is 3. The van der Waals surface area contributed by atoms with Gasteiger partial charge in [-0.1, -0.05) is 48.5 Å². The van der Waals surface area contributed by atoms with Crippen LogP contribution in [0.3, 0.4) is 0 Å². The number of anilines is 1. The van der Waals surface area contributed by atoms with Gasteiger partial charge in [0.2, 0.25) is 0 Å². The van der Waals surface area contributed by atoms with Crippen LogP contribution in [0.15, 0.2) is 72.1 Å². The molecule has 0 aliphatic heterocycles. The Morgan fingerprint density at radius 1 is 0.793 bits per heavy atom. The summed E-state index contributed by atoms with van der Waals surface area (Å²) in [6, 6.07) is 20.2. The first kappa shape index (κ1) is 20.3. The fraction of sp³-hybridized carbons (Fsp3) is 0.136. The van der Waals surface area contributed by atoms with E-state index in [0.29, 0.717) is 24.2 Å². The molecular formula is C22H21N3O3S. The molecule has 6 nitrogen and oxygen atoms in total. The van der Waals surface area contributed by atoms with Crippen molar-refractivity contribution in [3.63, 3.8) is 0 Å². The van der Waals surface area contributed by atoms with Gasteiger partial charge in [-0.3, -0.25) is 14.4 Å². The molecule has 0 radical (unpaired) electrons. The third kappa shape index (κ3) is 6.02. The Balaban J connectivity index is 1.55. The first-order chi connectivity index (χ1) is 14.1. The van der Waals surface area contributed by atoms with Gasteiger partial charge in [0.05, 0.1) is 17.8 Å². The number of carbonyl (C=O) groups excluding carboxylic acids is 3. The maximum absolute atomic E-state index is 12.5. The summed E-state index contributed by atoms with van der Waals surface area (Å²) in [5, 5.41) is 9.83. The van der Waals surface area contributed by atoms with Crippen LogP contribution in [0, 0.1) is 0 Å². The lowest BCUT2D eigenvalue weighted by Crippen LogP contribution is -2.35. The molecule has 0 saturated carbocycles. The van der Waals surface area contributed by atoms with Gasteiger partial charge in [-0.15, -0.1) is 11.3 Å². The lowest BCUT2D eigenvalue weighted by Gasteiger charge is -2.11. The Bertz CT molecular complexity index is 972. The summed E-state index contributed by atoms with van der Waals surface area (Å²) >= 11 is 1.49. The minimum absolute atomic E-state index is 0.283. The highest BCUT2D eigenvalue weighted by molar-refractivity contribution is 7.09. The molecule has 3 amide bonds. The fourth-order valence-electron chi connectivity index (χ4n) is 2.69. The molecule has 3 rings (SSSR count). The number of benzene rings is 2. The molecule has 7 heteroatoms. The summed E-state index contributed by atoms with van der Waals surface area (Å²) in [6.07, 6.45) is 0.701. The maximum Gasteiger partial charge on any atom is 0.313 e. The second-order valence-electron chi connectivity index (χ2n) is 6.25. The number of thiophene rings is 1. The molecule has 1 aromatic heterocycles. The first-order valence-electron chi connectivity index (χ1n) is 9.16. The highest BCUT2D eigenvalue weighted by Crippen LogP contribution is 2.15. The molecule has 0 aliphatic carbocycles. The highest BCUT2D eigenvalue weighted by atomic mass is 32.1. The van der Waals surface area contributed by atoms with Crippen LogP contribution in [0.25, 0.3) is 0 Å². The largest absolute Gasteiger partial charge is 0.352 e. The average molecular weight is 407 g/mol. The predicted molar refractivity (Wildman–Crippen MR) is 114 cm³/mol. The maximum atomic E-state index is 12.5. The zero-order valence-electron chi connectivity index (χ0n) is 15.7. The number of hydrogen-bond acceptors (Lipinski definition) is 4. The highest BCUT2D eigenvalue weighted by Gasteiger charge is 2.17. The third-order valence-electron chi connectivity index (χ3n) is 4.17. The predicted octanol–water partition coefficient (Wildman–Crippen LogP) is 2.98. The quantitative estimate of drug-likeness (QED) is 0.526. The van der Waals surface area contributed by atoms with Gasteiger partial charge in [-0.05, 0) is 35.6 Å². The summed E-state index contributed by atoms with van der Waals surface area (Å²) in [7, 11) is 0. The molecule has 3 aromatic rings. The molecular weight excluding hydrogens is 386 g/mol. The van der Waals surface area contributed by atoms with Crippen LogP contribution in [-0.2, 0) is 22.6 Å². The summed E-state index contributed by atoms with van der Waals surface area (Å²) in [4.78, 5) is 37.7. The number of para-hydroxylation sites is 1. The van der Waals surface area contributed by atoms with E-state index < -0.39 is 11.8 Å². The minimum Gasteiger partial charge on any atom is -0.352 e. The van der Waals surface area contributed by atoms with Gasteiger partial charge in [0.1, 0.15) is 0 Å². The lowest BCUT2D eigenvalue weighted by atomic mass is 10.1. The van der Waals surface area contributed by atoms with Crippen LogP contribution in [-0.4, -0.2) is 24.3 Å². The second kappa shape index (κ2) is 10.2. The van der Waals surface area contributed by atoms with Crippen LogP contribution >= 0.6 is 11.3 Å². The second-order valence-corrected chi connectivity index (χ2v) is 7.29. The van der Waals surface area contributed by atoms with E-state index >= 15 is 0 Å². The SMILES string of the molecule is O=C(NCc1cccs1)C(=O)Nc1ccccc1C(=O)NCCc1ccccc1. The summed E-state index contributed by atoms with van der Waals surface area (Å²) in [6.45, 7) is 0.748. The van der Waals surface area contributed by atoms with Crippen molar-refractivity contribution < 1.29 is 14.4 Å². The van der Waals surface area contributed by atoms with Crippen molar-refractivity contribution in [3.05, 3.63) is 88.1 Å². The molecule has 0 atom stereocenters. The van der Waals surface area contributed by atoms with Gasteiger partial charge >= 0.3 is 11.8 Å². The molecule has 2 aromatic carbocycles. The lowest BCUT2D eigenvalue weighted by molar-refractivity contribution is -0.136. The molecule has 29 heavy (non-hydrogen) atoms. The van der Waals surface area contributed by atoms with Crippen LogP contribution in [0.4, 0.5) is 5.69 Å². The molecule has 0 spiro atoms. The van der Waals surface area contributed by atoms with Gasteiger partial charge in [-0.25, -0.2) is 0 Å². The van der Waals surface area contributed by atoms with Gasteiger partial charge in [0.25, 0.3) is 5.91 Å². The fourth-order valence-corrected chi connectivity index (χ4v) is 3.33. The smallest absolute Gasteiger partial charge is 0.313 e. The Labute approximate surface area is 173 Å². The normalized spacial score (nSPS) is 10.2. The van der Waals surface area contributed by atoms with Gasteiger partial charge < -0.3 is 16.0 Å². The van der Waals surface area contributed by atoms with Crippen molar-refractivity contribution >= 4 is 34.7 Å². The van der Waals surface area contributed by atoms with E-state index in [9.17, 15) is 14.4 Å². The molecule has 1 heterocycles. The number of rotatable bonds is 7.